The number of aliphatic imine (C=N–C) groups is 1. The van der Waals surface area contributed by atoms with Crippen LogP contribution in [0, 0.1) is 5.92 Å². The molecule has 0 spiro atoms. The van der Waals surface area contributed by atoms with Crippen molar-refractivity contribution in [3.63, 3.8) is 0 Å². The molecule has 8 heteroatoms. The Balaban J connectivity index is 1.40. The molecule has 3 aliphatic heterocycles. The van der Waals surface area contributed by atoms with Crippen LogP contribution >= 0.6 is 0 Å². The Kier molecular flexibility index (Phi) is 6.25. The molecule has 0 aromatic heterocycles. The van der Waals surface area contributed by atoms with Crippen LogP contribution in [0.4, 0.5) is 13.2 Å². The molecule has 2 bridgehead atoms. The minimum Gasteiger partial charge on any atom is -0.373 e. The lowest BCUT2D eigenvalue weighted by atomic mass is 9.84. The van der Waals surface area contributed by atoms with Crippen LogP contribution in [-0.2, 0) is 10.9 Å². The van der Waals surface area contributed by atoms with Gasteiger partial charge < -0.3 is 15.4 Å². The Labute approximate surface area is 176 Å². The topological polar surface area (TPSA) is 48.9 Å². The van der Waals surface area contributed by atoms with Crippen molar-refractivity contribution in [1.29, 1.82) is 0 Å². The number of ether oxygens (including phenoxy) is 1. The molecule has 1 aromatic carbocycles. The molecule has 3 fully saturated rings. The van der Waals surface area contributed by atoms with Gasteiger partial charge in [-0.05, 0) is 69.3 Å². The summed E-state index contributed by atoms with van der Waals surface area (Å²) in [4.78, 5) is 6.62. The highest BCUT2D eigenvalue weighted by molar-refractivity contribution is 5.80. The van der Waals surface area contributed by atoms with Gasteiger partial charge in [-0.25, -0.2) is 0 Å². The Hall–Kier alpha value is -1.80. The second-order valence-corrected chi connectivity index (χ2v) is 8.76. The number of halogens is 3. The molecule has 0 radical (unpaired) electrons. The number of fused-ring (bicyclic) bond motifs is 2. The van der Waals surface area contributed by atoms with Crippen molar-refractivity contribution in [2.45, 2.75) is 62.6 Å². The van der Waals surface area contributed by atoms with E-state index in [4.69, 9.17) is 4.74 Å². The summed E-state index contributed by atoms with van der Waals surface area (Å²) in [5.41, 5.74) is 0.332. The number of hydrogen-bond acceptors (Lipinski definition) is 3. The smallest absolute Gasteiger partial charge is 0.373 e. The molecular weight excluding hydrogens is 393 g/mol. The maximum atomic E-state index is 12.9. The average Bonchev–Trinajstić information content (AvgIpc) is 3.34. The van der Waals surface area contributed by atoms with Crippen LogP contribution in [0.1, 0.15) is 49.3 Å². The molecule has 0 amide bonds. The van der Waals surface area contributed by atoms with E-state index in [0.29, 0.717) is 12.1 Å². The van der Waals surface area contributed by atoms with Gasteiger partial charge in [-0.1, -0.05) is 12.1 Å². The Bertz CT molecular complexity index is 752. The molecule has 5 atom stereocenters. The van der Waals surface area contributed by atoms with Gasteiger partial charge >= 0.3 is 6.18 Å². The maximum absolute atomic E-state index is 12.9. The molecular formula is C22H31F3N4O. The van der Waals surface area contributed by atoms with E-state index in [9.17, 15) is 13.2 Å². The second-order valence-electron chi connectivity index (χ2n) is 8.76. The number of alkyl halides is 3. The lowest BCUT2D eigenvalue weighted by Crippen LogP contribution is -2.50. The highest BCUT2D eigenvalue weighted by Crippen LogP contribution is 2.37. The van der Waals surface area contributed by atoms with Crippen LogP contribution < -0.4 is 10.6 Å². The SMILES string of the molecule is CN=C(NCC1CCCN(C)C1c1ccc(C(F)(F)F)cc1)NC1CC2CCC1O2. The minimum atomic E-state index is -4.31. The number of hydrogen-bond donors (Lipinski definition) is 2. The van der Waals surface area contributed by atoms with Gasteiger partial charge in [0.15, 0.2) is 5.96 Å². The molecule has 4 rings (SSSR count). The quantitative estimate of drug-likeness (QED) is 0.573. The highest BCUT2D eigenvalue weighted by atomic mass is 19.4. The molecule has 2 N–H and O–H groups in total. The molecule has 5 unspecified atom stereocenters. The van der Waals surface area contributed by atoms with Crippen LogP contribution in [0.5, 0.6) is 0 Å². The summed E-state index contributed by atoms with van der Waals surface area (Å²) in [5, 5.41) is 6.96. The monoisotopic (exact) mass is 424 g/mol. The molecule has 3 heterocycles. The van der Waals surface area contributed by atoms with Gasteiger partial charge in [-0.15, -0.1) is 0 Å². The van der Waals surface area contributed by atoms with E-state index in [0.717, 1.165) is 56.7 Å². The first kappa shape index (κ1) is 21.4. The van der Waals surface area contributed by atoms with Crippen molar-refractivity contribution in [2.75, 3.05) is 27.2 Å². The fraction of sp³-hybridized carbons (Fsp3) is 0.682. The Morgan fingerprint density at radius 2 is 1.97 bits per heavy atom. The van der Waals surface area contributed by atoms with Gasteiger partial charge in [-0.2, -0.15) is 13.2 Å². The molecule has 3 saturated heterocycles. The predicted octanol–water partition coefficient (Wildman–Crippen LogP) is 3.57. The number of likely N-dealkylation sites (tertiary alicyclic amines) is 1. The van der Waals surface area contributed by atoms with Gasteiger partial charge in [0.05, 0.1) is 23.8 Å². The maximum Gasteiger partial charge on any atom is 0.416 e. The molecule has 166 valence electrons. The van der Waals surface area contributed by atoms with Crippen LogP contribution in [0.2, 0.25) is 0 Å². The first-order chi connectivity index (χ1) is 14.3. The second kappa shape index (κ2) is 8.75. The molecule has 0 saturated carbocycles. The van der Waals surface area contributed by atoms with Gasteiger partial charge in [0.2, 0.25) is 0 Å². The number of rotatable bonds is 4. The fourth-order valence-corrected chi connectivity index (χ4v) is 5.26. The number of guanidine groups is 1. The van der Waals surface area contributed by atoms with E-state index >= 15 is 0 Å². The number of piperidine rings is 1. The summed E-state index contributed by atoms with van der Waals surface area (Å²) in [6, 6.07) is 6.02. The first-order valence-electron chi connectivity index (χ1n) is 10.8. The summed E-state index contributed by atoms with van der Waals surface area (Å²) < 4.78 is 44.7. The third-order valence-electron chi connectivity index (χ3n) is 6.77. The minimum absolute atomic E-state index is 0.0810. The van der Waals surface area contributed by atoms with Crippen molar-refractivity contribution in [3.8, 4) is 0 Å². The summed E-state index contributed by atoms with van der Waals surface area (Å²) in [5.74, 6) is 1.06. The van der Waals surface area contributed by atoms with Gasteiger partial charge in [-0.3, -0.25) is 9.89 Å². The first-order valence-corrected chi connectivity index (χ1v) is 10.8. The van der Waals surface area contributed by atoms with E-state index < -0.39 is 11.7 Å². The van der Waals surface area contributed by atoms with Crippen LogP contribution in [0.25, 0.3) is 0 Å². The highest BCUT2D eigenvalue weighted by Gasteiger charge is 2.41. The van der Waals surface area contributed by atoms with Crippen LogP contribution in [-0.4, -0.2) is 56.3 Å². The molecule has 30 heavy (non-hydrogen) atoms. The van der Waals surface area contributed by atoms with Crippen LogP contribution in [0.3, 0.4) is 0 Å². The van der Waals surface area contributed by atoms with Crippen molar-refractivity contribution in [3.05, 3.63) is 35.4 Å². The van der Waals surface area contributed by atoms with Crippen molar-refractivity contribution in [1.82, 2.24) is 15.5 Å². The molecule has 1 aromatic rings. The van der Waals surface area contributed by atoms with E-state index in [2.05, 4.69) is 20.5 Å². The van der Waals surface area contributed by atoms with Gasteiger partial charge in [0, 0.05) is 19.6 Å². The largest absolute Gasteiger partial charge is 0.416 e. The normalized spacial score (nSPS) is 32.4. The lowest BCUT2D eigenvalue weighted by molar-refractivity contribution is -0.137. The average molecular weight is 425 g/mol. The van der Waals surface area contributed by atoms with E-state index in [1.807, 2.05) is 7.05 Å². The molecule has 0 aliphatic carbocycles. The summed E-state index contributed by atoms with van der Waals surface area (Å²) in [7, 11) is 3.82. The van der Waals surface area contributed by atoms with E-state index in [1.54, 1.807) is 19.2 Å². The third-order valence-corrected chi connectivity index (χ3v) is 6.77. The Morgan fingerprint density at radius 3 is 2.57 bits per heavy atom. The third kappa shape index (κ3) is 4.59. The van der Waals surface area contributed by atoms with Crippen molar-refractivity contribution in [2.24, 2.45) is 10.9 Å². The number of nitrogens with zero attached hydrogens (tertiary/aromatic N) is 2. The van der Waals surface area contributed by atoms with E-state index in [-0.39, 0.29) is 18.1 Å². The van der Waals surface area contributed by atoms with Crippen molar-refractivity contribution < 1.29 is 17.9 Å². The zero-order valence-corrected chi connectivity index (χ0v) is 17.6. The zero-order chi connectivity index (χ0) is 21.3. The van der Waals surface area contributed by atoms with Crippen LogP contribution in [0.15, 0.2) is 29.3 Å². The van der Waals surface area contributed by atoms with E-state index in [1.165, 1.54) is 12.1 Å². The van der Waals surface area contributed by atoms with Crippen molar-refractivity contribution >= 4 is 5.96 Å². The fourth-order valence-electron chi connectivity index (χ4n) is 5.26. The summed E-state index contributed by atoms with van der Waals surface area (Å²) >= 11 is 0. The Morgan fingerprint density at radius 1 is 1.20 bits per heavy atom. The molecule has 3 aliphatic rings. The predicted molar refractivity (Wildman–Crippen MR) is 110 cm³/mol. The lowest BCUT2D eigenvalue weighted by Gasteiger charge is -2.40. The number of nitrogens with one attached hydrogen (secondary N) is 2. The molecule has 5 nitrogen and oxygen atoms in total. The summed E-state index contributed by atoms with van der Waals surface area (Å²) in [6.45, 7) is 1.66. The summed E-state index contributed by atoms with van der Waals surface area (Å²) in [6.07, 6.45) is 1.71. The van der Waals surface area contributed by atoms with Gasteiger partial charge in [0.1, 0.15) is 0 Å². The number of benzene rings is 1. The standard InChI is InChI=1S/C22H31F3N4O/c1-26-21(28-18-12-17-9-10-19(18)30-17)27-13-15-4-3-11-29(2)20(15)14-5-7-16(8-6-14)22(23,24)25/h5-8,15,17-20H,3-4,9-13H2,1-2H3,(H2,26,27,28). The van der Waals surface area contributed by atoms with Gasteiger partial charge in [0.25, 0.3) is 0 Å². The zero-order valence-electron chi connectivity index (χ0n) is 17.6.